The molecule has 2 N–H and O–H groups in total. The van der Waals surface area contributed by atoms with Gasteiger partial charge in [0.05, 0.1) is 13.2 Å². The van der Waals surface area contributed by atoms with E-state index in [4.69, 9.17) is 10.2 Å². The predicted octanol–water partition coefficient (Wildman–Crippen LogP) is -0.559. The summed E-state index contributed by atoms with van der Waals surface area (Å²) in [7, 11) is -12.2. The molecule has 0 saturated carbocycles. The van der Waals surface area contributed by atoms with Gasteiger partial charge in [0.15, 0.2) is 0 Å². The first-order chi connectivity index (χ1) is 9.51. The van der Waals surface area contributed by atoms with E-state index in [1.807, 2.05) is 0 Å². The zero-order valence-electron chi connectivity index (χ0n) is 10.00. The lowest BCUT2D eigenvalue weighted by Crippen LogP contribution is -2.38. The highest BCUT2D eigenvalue weighted by Crippen LogP contribution is 2.26. The summed E-state index contributed by atoms with van der Waals surface area (Å²) >= 11 is 0. The van der Waals surface area contributed by atoms with Crippen LogP contribution in [0.25, 0.3) is 0 Å². The number of hydrogen-bond donors (Lipinski definition) is 2. The lowest BCUT2D eigenvalue weighted by atomic mass is 10.2. The monoisotopic (exact) mass is 386 g/mol. The first-order valence-corrected chi connectivity index (χ1v) is 7.60. The largest absolute Gasteiger partial charge is 0.523 e. The minimum atomic E-state index is -6.10. The number of hydrogen-bond acceptors (Lipinski definition) is 8. The molecule has 0 spiro atoms. The average molecular weight is 386 g/mol. The molecule has 22 heavy (non-hydrogen) atoms. The zero-order chi connectivity index (χ0) is 18.0. The highest BCUT2D eigenvalue weighted by molar-refractivity contribution is 7.87. The fraction of sp³-hybridized carbons (Fsp3) is 1.00. The molecule has 0 saturated heterocycles. The number of aliphatic hydroxyl groups is 2. The van der Waals surface area contributed by atoms with Gasteiger partial charge in [-0.05, 0) is 0 Å². The van der Waals surface area contributed by atoms with E-state index in [-0.39, 0.29) is 0 Å². The van der Waals surface area contributed by atoms with E-state index in [2.05, 4.69) is 8.37 Å². The second-order valence-electron chi connectivity index (χ2n) is 3.50. The quantitative estimate of drug-likeness (QED) is 0.339. The van der Waals surface area contributed by atoms with Crippen molar-refractivity contribution in [1.82, 2.24) is 0 Å². The van der Waals surface area contributed by atoms with Crippen LogP contribution < -0.4 is 0 Å². The van der Waals surface area contributed by atoms with Crippen LogP contribution in [0.2, 0.25) is 0 Å². The highest BCUT2D eigenvalue weighted by atomic mass is 32.2. The van der Waals surface area contributed by atoms with Gasteiger partial charge in [0, 0.05) is 0 Å². The Morgan fingerprint density at radius 2 is 0.955 bits per heavy atom. The SMILES string of the molecule is O=S(=O)(OC[C@H](O)[C@@H](O)COS(=O)(=O)C(F)(F)F)C(F)(F)F. The molecule has 16 heteroatoms. The van der Waals surface area contributed by atoms with E-state index in [1.165, 1.54) is 0 Å². The molecule has 2 atom stereocenters. The number of halogens is 6. The van der Waals surface area contributed by atoms with E-state index in [1.54, 1.807) is 0 Å². The normalized spacial score (nSPS) is 17.3. The molecular formula is C6H8F6O8S2. The molecule has 0 aromatic rings. The summed E-state index contributed by atoms with van der Waals surface area (Å²) in [6.07, 6.45) is -4.94. The van der Waals surface area contributed by atoms with Crippen molar-refractivity contribution >= 4 is 20.2 Å². The van der Waals surface area contributed by atoms with Crippen molar-refractivity contribution in [2.24, 2.45) is 0 Å². The summed E-state index contributed by atoms with van der Waals surface area (Å²) in [5, 5.41) is 18.0. The average Bonchev–Trinajstić information content (AvgIpc) is 2.30. The van der Waals surface area contributed by atoms with E-state index in [9.17, 15) is 43.2 Å². The van der Waals surface area contributed by atoms with Gasteiger partial charge in [0.2, 0.25) is 0 Å². The zero-order valence-corrected chi connectivity index (χ0v) is 11.6. The van der Waals surface area contributed by atoms with E-state index in [0.29, 0.717) is 0 Å². The Hall–Kier alpha value is -0.680. The van der Waals surface area contributed by atoms with Gasteiger partial charge < -0.3 is 10.2 Å². The van der Waals surface area contributed by atoms with Gasteiger partial charge in [0.1, 0.15) is 12.2 Å². The fourth-order valence-electron chi connectivity index (χ4n) is 0.674. The molecule has 0 fully saturated rings. The molecule has 0 heterocycles. The Bertz CT molecular complexity index is 511. The molecular weight excluding hydrogens is 378 g/mol. The highest BCUT2D eigenvalue weighted by Gasteiger charge is 2.49. The molecule has 0 bridgehead atoms. The van der Waals surface area contributed by atoms with Gasteiger partial charge in [-0.3, -0.25) is 8.37 Å². The molecule has 0 radical (unpaired) electrons. The summed E-state index contributed by atoms with van der Waals surface area (Å²) in [5.74, 6) is 0. The van der Waals surface area contributed by atoms with E-state index < -0.39 is 56.7 Å². The van der Waals surface area contributed by atoms with Crippen LogP contribution in [0.15, 0.2) is 0 Å². The maximum atomic E-state index is 11.8. The smallest absolute Gasteiger partial charge is 0.388 e. The number of rotatable bonds is 7. The van der Waals surface area contributed by atoms with Crippen LogP contribution in [0.4, 0.5) is 26.3 Å². The maximum Gasteiger partial charge on any atom is 0.523 e. The summed E-state index contributed by atoms with van der Waals surface area (Å²) in [6.45, 7) is -3.39. The topological polar surface area (TPSA) is 127 Å². The molecule has 134 valence electrons. The lowest BCUT2D eigenvalue weighted by Gasteiger charge is -2.18. The minimum absolute atomic E-state index is 1.70. The molecule has 0 amide bonds. The molecule has 0 aromatic heterocycles. The van der Waals surface area contributed by atoms with E-state index >= 15 is 0 Å². The van der Waals surface area contributed by atoms with Crippen LogP contribution in [0.3, 0.4) is 0 Å². The lowest BCUT2D eigenvalue weighted by molar-refractivity contribution is -0.0701. The fourth-order valence-corrected chi connectivity index (χ4v) is 1.58. The van der Waals surface area contributed by atoms with Crippen LogP contribution in [0.5, 0.6) is 0 Å². The van der Waals surface area contributed by atoms with Crippen LogP contribution in [0.1, 0.15) is 0 Å². The van der Waals surface area contributed by atoms with Crippen molar-refractivity contribution in [3.63, 3.8) is 0 Å². The van der Waals surface area contributed by atoms with Gasteiger partial charge in [-0.2, -0.15) is 43.2 Å². The van der Waals surface area contributed by atoms with Gasteiger partial charge in [-0.25, -0.2) is 0 Å². The molecule has 0 rings (SSSR count). The Morgan fingerprint density at radius 3 is 1.14 bits per heavy atom. The van der Waals surface area contributed by atoms with Crippen molar-refractivity contribution in [3.8, 4) is 0 Å². The Kier molecular flexibility index (Phi) is 6.62. The van der Waals surface area contributed by atoms with Gasteiger partial charge in [-0.15, -0.1) is 0 Å². The Balaban J connectivity index is 4.57. The van der Waals surface area contributed by atoms with Crippen LogP contribution in [-0.2, 0) is 28.6 Å². The van der Waals surface area contributed by atoms with Crippen LogP contribution in [-0.4, -0.2) is 63.5 Å². The summed E-state index contributed by atoms with van der Waals surface area (Å²) in [5.41, 5.74) is -11.7. The van der Waals surface area contributed by atoms with Crippen molar-refractivity contribution in [3.05, 3.63) is 0 Å². The first-order valence-electron chi connectivity index (χ1n) is 4.79. The van der Waals surface area contributed by atoms with Gasteiger partial charge in [-0.1, -0.05) is 0 Å². The van der Waals surface area contributed by atoms with Crippen molar-refractivity contribution in [1.29, 1.82) is 0 Å². The molecule has 0 aliphatic rings. The predicted molar refractivity (Wildman–Crippen MR) is 53.9 cm³/mol. The van der Waals surface area contributed by atoms with Gasteiger partial charge in [0.25, 0.3) is 0 Å². The summed E-state index contributed by atoms with van der Waals surface area (Å²) in [6, 6.07) is 0. The molecule has 0 unspecified atom stereocenters. The standard InChI is InChI=1S/C6H8F6O8S2/c7-5(8,9)21(15,16)19-1-3(13)4(14)2-20-22(17,18)6(10,11)12/h3-4,13-14H,1-2H2/t3-,4-/m0/s1. The number of alkyl halides is 6. The van der Waals surface area contributed by atoms with Crippen molar-refractivity contribution in [2.75, 3.05) is 13.2 Å². The maximum absolute atomic E-state index is 11.8. The van der Waals surface area contributed by atoms with Crippen molar-refractivity contribution < 1.29 is 61.8 Å². The molecule has 0 aliphatic heterocycles. The summed E-state index contributed by atoms with van der Waals surface area (Å²) in [4.78, 5) is 0. The van der Waals surface area contributed by atoms with E-state index in [0.717, 1.165) is 0 Å². The minimum Gasteiger partial charge on any atom is -0.388 e. The first kappa shape index (κ1) is 21.3. The molecule has 0 aliphatic carbocycles. The second-order valence-corrected chi connectivity index (χ2v) is 6.72. The molecule has 0 aromatic carbocycles. The summed E-state index contributed by atoms with van der Waals surface area (Å²) < 4.78 is 119. The molecule has 8 nitrogen and oxygen atoms in total. The van der Waals surface area contributed by atoms with Gasteiger partial charge >= 0.3 is 31.3 Å². The third-order valence-corrected chi connectivity index (χ3v) is 3.83. The van der Waals surface area contributed by atoms with Crippen molar-refractivity contribution in [2.45, 2.75) is 23.2 Å². The third kappa shape index (κ3) is 5.84. The Labute approximate surface area is 119 Å². The van der Waals surface area contributed by atoms with Crippen LogP contribution >= 0.6 is 0 Å². The third-order valence-electron chi connectivity index (χ3n) is 1.80. The second kappa shape index (κ2) is 6.83. The van der Waals surface area contributed by atoms with Crippen LogP contribution in [0, 0.1) is 0 Å². The Morgan fingerprint density at radius 1 is 0.727 bits per heavy atom. The number of aliphatic hydroxyl groups excluding tert-OH is 2.